The van der Waals surface area contributed by atoms with Crippen molar-refractivity contribution in [2.45, 2.75) is 6.42 Å². The van der Waals surface area contributed by atoms with E-state index in [0.29, 0.717) is 0 Å². The molecule has 0 spiro atoms. The molecule has 0 fully saturated rings. The van der Waals surface area contributed by atoms with Crippen molar-refractivity contribution in [3.8, 4) is 5.75 Å². The van der Waals surface area contributed by atoms with Crippen LogP contribution in [0.15, 0.2) is 17.2 Å². The SMILES string of the molecule is COc1cc(F)cc(F)c1CCN=[N+]=[N-]. The first kappa shape index (κ1) is 11.3. The summed E-state index contributed by atoms with van der Waals surface area (Å²) in [5.74, 6) is -1.27. The molecule has 1 aromatic carbocycles. The highest BCUT2D eigenvalue weighted by atomic mass is 19.1. The summed E-state index contributed by atoms with van der Waals surface area (Å²) in [5.41, 5.74) is 8.27. The van der Waals surface area contributed by atoms with Crippen LogP contribution in [0.25, 0.3) is 10.4 Å². The highest BCUT2D eigenvalue weighted by Gasteiger charge is 2.11. The Hall–Kier alpha value is -1.81. The number of rotatable bonds is 4. The van der Waals surface area contributed by atoms with E-state index in [9.17, 15) is 8.78 Å². The molecular weight excluding hydrogens is 204 g/mol. The largest absolute Gasteiger partial charge is 0.496 e. The van der Waals surface area contributed by atoms with Crippen molar-refractivity contribution in [3.63, 3.8) is 0 Å². The molecule has 6 heteroatoms. The normalized spacial score (nSPS) is 9.53. The third kappa shape index (κ3) is 2.82. The van der Waals surface area contributed by atoms with Gasteiger partial charge < -0.3 is 4.74 Å². The van der Waals surface area contributed by atoms with E-state index in [-0.39, 0.29) is 24.3 Å². The Kier molecular flexibility index (Phi) is 3.88. The van der Waals surface area contributed by atoms with Gasteiger partial charge in [-0.2, -0.15) is 0 Å². The second-order valence-electron chi connectivity index (χ2n) is 2.77. The molecule has 4 nitrogen and oxygen atoms in total. The molecule has 0 aliphatic rings. The van der Waals surface area contributed by atoms with E-state index in [1.807, 2.05) is 0 Å². The molecule has 0 unspecified atom stereocenters. The van der Waals surface area contributed by atoms with Gasteiger partial charge in [0.1, 0.15) is 17.4 Å². The fourth-order valence-corrected chi connectivity index (χ4v) is 1.21. The van der Waals surface area contributed by atoms with Crippen LogP contribution in [-0.2, 0) is 6.42 Å². The summed E-state index contributed by atoms with van der Waals surface area (Å²) in [4.78, 5) is 2.54. The van der Waals surface area contributed by atoms with E-state index in [1.54, 1.807) is 0 Å². The quantitative estimate of drug-likeness (QED) is 0.431. The molecule has 1 rings (SSSR count). The van der Waals surface area contributed by atoms with Gasteiger partial charge in [0.15, 0.2) is 0 Å². The molecule has 0 radical (unpaired) electrons. The van der Waals surface area contributed by atoms with Crippen molar-refractivity contribution in [3.05, 3.63) is 39.8 Å². The average molecular weight is 213 g/mol. The molecule has 1 aromatic rings. The van der Waals surface area contributed by atoms with Gasteiger partial charge in [0.2, 0.25) is 0 Å². The zero-order valence-corrected chi connectivity index (χ0v) is 8.07. The summed E-state index contributed by atoms with van der Waals surface area (Å²) < 4.78 is 30.9. The van der Waals surface area contributed by atoms with Gasteiger partial charge in [-0.1, -0.05) is 5.11 Å². The van der Waals surface area contributed by atoms with Crippen LogP contribution in [-0.4, -0.2) is 13.7 Å². The van der Waals surface area contributed by atoms with Crippen LogP contribution in [0.4, 0.5) is 8.78 Å². The molecule has 0 bridgehead atoms. The topological polar surface area (TPSA) is 58.0 Å². The second kappa shape index (κ2) is 5.17. The van der Waals surface area contributed by atoms with E-state index < -0.39 is 11.6 Å². The molecule has 80 valence electrons. The second-order valence-corrected chi connectivity index (χ2v) is 2.77. The summed E-state index contributed by atoms with van der Waals surface area (Å²) in [6.45, 7) is 0.107. The summed E-state index contributed by atoms with van der Waals surface area (Å²) in [6, 6.07) is 1.86. The summed E-state index contributed by atoms with van der Waals surface area (Å²) in [5, 5.41) is 3.27. The molecule has 0 amide bonds. The Balaban J connectivity index is 2.98. The minimum absolute atomic E-state index is 0.107. The zero-order valence-electron chi connectivity index (χ0n) is 8.07. The van der Waals surface area contributed by atoms with Gasteiger partial charge in [-0.15, -0.1) is 0 Å². The van der Waals surface area contributed by atoms with Crippen molar-refractivity contribution < 1.29 is 13.5 Å². The van der Waals surface area contributed by atoms with Crippen molar-refractivity contribution in [2.75, 3.05) is 13.7 Å². The van der Waals surface area contributed by atoms with E-state index in [4.69, 9.17) is 10.3 Å². The smallest absolute Gasteiger partial charge is 0.133 e. The number of methoxy groups -OCH3 is 1. The first-order chi connectivity index (χ1) is 7.19. The number of azide groups is 1. The van der Waals surface area contributed by atoms with Gasteiger partial charge in [0, 0.05) is 29.2 Å². The van der Waals surface area contributed by atoms with Gasteiger partial charge in [-0.05, 0) is 12.0 Å². The van der Waals surface area contributed by atoms with Gasteiger partial charge in [0.05, 0.1) is 7.11 Å². The highest BCUT2D eigenvalue weighted by Crippen LogP contribution is 2.23. The van der Waals surface area contributed by atoms with E-state index in [1.165, 1.54) is 7.11 Å². The maximum atomic E-state index is 13.3. The fourth-order valence-electron chi connectivity index (χ4n) is 1.21. The molecule has 0 saturated carbocycles. The Morgan fingerprint density at radius 1 is 1.47 bits per heavy atom. The van der Waals surface area contributed by atoms with Crippen molar-refractivity contribution in [1.29, 1.82) is 0 Å². The first-order valence-electron chi connectivity index (χ1n) is 4.21. The number of nitrogens with zero attached hydrogens (tertiary/aromatic N) is 3. The summed E-state index contributed by atoms with van der Waals surface area (Å²) in [7, 11) is 1.32. The zero-order chi connectivity index (χ0) is 11.3. The Bertz CT molecular complexity index is 403. The molecule has 0 heterocycles. The Morgan fingerprint density at radius 3 is 2.80 bits per heavy atom. The van der Waals surface area contributed by atoms with Crippen LogP contribution in [0.1, 0.15) is 5.56 Å². The lowest BCUT2D eigenvalue weighted by atomic mass is 10.1. The van der Waals surface area contributed by atoms with Crippen LogP contribution >= 0.6 is 0 Å². The lowest BCUT2D eigenvalue weighted by molar-refractivity contribution is 0.399. The summed E-state index contributed by atoms with van der Waals surface area (Å²) >= 11 is 0. The molecular formula is C9H9F2N3O. The summed E-state index contributed by atoms with van der Waals surface area (Å²) in [6.07, 6.45) is 0.180. The third-order valence-corrected chi connectivity index (χ3v) is 1.86. The molecule has 0 aliphatic carbocycles. The van der Waals surface area contributed by atoms with E-state index in [2.05, 4.69) is 10.0 Å². The van der Waals surface area contributed by atoms with Gasteiger partial charge >= 0.3 is 0 Å². The number of hydrogen-bond donors (Lipinski definition) is 0. The van der Waals surface area contributed by atoms with Gasteiger partial charge in [-0.3, -0.25) is 0 Å². The number of ether oxygens (including phenoxy) is 1. The molecule has 0 atom stereocenters. The number of benzene rings is 1. The molecule has 15 heavy (non-hydrogen) atoms. The molecule has 0 aromatic heterocycles. The average Bonchev–Trinajstić information content (AvgIpc) is 2.20. The predicted molar refractivity (Wildman–Crippen MR) is 50.6 cm³/mol. The monoisotopic (exact) mass is 213 g/mol. The van der Waals surface area contributed by atoms with Crippen LogP contribution in [0.5, 0.6) is 5.75 Å². The lowest BCUT2D eigenvalue weighted by Crippen LogP contribution is -1.99. The van der Waals surface area contributed by atoms with Crippen LogP contribution in [0.2, 0.25) is 0 Å². The maximum absolute atomic E-state index is 13.3. The van der Waals surface area contributed by atoms with Crippen LogP contribution in [0, 0.1) is 11.6 Å². The standard InChI is InChI=1S/C9H9F2N3O/c1-15-9-5-6(10)4-8(11)7(9)2-3-13-14-12/h4-5H,2-3H2,1H3. The maximum Gasteiger partial charge on any atom is 0.133 e. The minimum atomic E-state index is -0.697. The highest BCUT2D eigenvalue weighted by molar-refractivity contribution is 5.35. The predicted octanol–water partition coefficient (Wildman–Crippen LogP) is 2.83. The molecule has 0 N–H and O–H groups in total. The lowest BCUT2D eigenvalue weighted by Gasteiger charge is -2.08. The van der Waals surface area contributed by atoms with Crippen LogP contribution < -0.4 is 4.74 Å². The van der Waals surface area contributed by atoms with Crippen LogP contribution in [0.3, 0.4) is 0 Å². The van der Waals surface area contributed by atoms with Crippen molar-refractivity contribution in [1.82, 2.24) is 0 Å². The Labute approximate surface area is 85.1 Å². The van der Waals surface area contributed by atoms with Gasteiger partial charge in [0.25, 0.3) is 0 Å². The number of hydrogen-bond acceptors (Lipinski definition) is 2. The van der Waals surface area contributed by atoms with E-state index in [0.717, 1.165) is 12.1 Å². The van der Waals surface area contributed by atoms with E-state index >= 15 is 0 Å². The fraction of sp³-hybridized carbons (Fsp3) is 0.333. The molecule has 0 saturated heterocycles. The third-order valence-electron chi connectivity index (χ3n) is 1.86. The van der Waals surface area contributed by atoms with Crippen molar-refractivity contribution >= 4 is 0 Å². The van der Waals surface area contributed by atoms with Gasteiger partial charge in [-0.25, -0.2) is 8.78 Å². The molecule has 0 aliphatic heterocycles. The number of halogens is 2. The first-order valence-corrected chi connectivity index (χ1v) is 4.21. The Morgan fingerprint density at radius 2 is 2.20 bits per heavy atom. The minimum Gasteiger partial charge on any atom is -0.496 e. The van der Waals surface area contributed by atoms with Crippen molar-refractivity contribution in [2.24, 2.45) is 5.11 Å².